The summed E-state index contributed by atoms with van der Waals surface area (Å²) in [6.07, 6.45) is 0. The molecule has 0 amide bonds. The fourth-order valence-corrected chi connectivity index (χ4v) is 7.77. The molecule has 0 bridgehead atoms. The van der Waals surface area contributed by atoms with E-state index in [-0.39, 0.29) is 11.3 Å². The molecule has 0 saturated heterocycles. The molecular weight excluding hydrogens is 504 g/mol. The van der Waals surface area contributed by atoms with Gasteiger partial charge in [0, 0.05) is 11.3 Å². The normalized spacial score (nSPS) is 15.8. The third-order valence-corrected chi connectivity index (χ3v) is 9.91. The van der Waals surface area contributed by atoms with E-state index in [1.807, 2.05) is 0 Å². The lowest BCUT2D eigenvalue weighted by Gasteiger charge is -2.38. The van der Waals surface area contributed by atoms with Crippen molar-refractivity contribution in [1.29, 1.82) is 0 Å². The van der Waals surface area contributed by atoms with E-state index in [2.05, 4.69) is 153 Å². The Labute approximate surface area is 246 Å². The number of fused-ring (bicyclic) bond motifs is 7. The zero-order valence-electron chi connectivity index (χ0n) is 23.9. The summed E-state index contributed by atoms with van der Waals surface area (Å²) in [5, 5.41) is 5.12. The smallest absolute Gasteiger partial charge is 0.0358 e. The molecule has 42 heavy (non-hydrogen) atoms. The Morgan fingerprint density at radius 3 is 1.67 bits per heavy atom. The molecular formula is C42H30. The molecule has 0 heteroatoms. The molecule has 0 heterocycles. The van der Waals surface area contributed by atoms with Gasteiger partial charge >= 0.3 is 0 Å². The second-order valence-corrected chi connectivity index (χ2v) is 12.6. The summed E-state index contributed by atoms with van der Waals surface area (Å²) >= 11 is 0. The van der Waals surface area contributed by atoms with Gasteiger partial charge in [-0.15, -0.1) is 0 Å². The minimum atomic E-state index is -0.0900. The van der Waals surface area contributed by atoms with Crippen LogP contribution in [0, 0.1) is 0 Å². The van der Waals surface area contributed by atoms with Gasteiger partial charge in [-0.1, -0.05) is 123 Å². The Morgan fingerprint density at radius 1 is 0.405 bits per heavy atom. The van der Waals surface area contributed by atoms with E-state index in [0.29, 0.717) is 0 Å². The number of hydrogen-bond acceptors (Lipinski definition) is 0. The SMILES string of the molecule is CC1(C)c2ccccc2C2c3ccc(-c4ccc5ccccc5c4)cc3-c3cc(-c4ccc5ccccc5c4)cc1c32. The van der Waals surface area contributed by atoms with Crippen LogP contribution in [0.2, 0.25) is 0 Å². The zero-order chi connectivity index (χ0) is 28.0. The number of hydrogen-bond donors (Lipinski definition) is 0. The van der Waals surface area contributed by atoms with Crippen LogP contribution in [0.5, 0.6) is 0 Å². The second-order valence-electron chi connectivity index (χ2n) is 12.6. The van der Waals surface area contributed by atoms with E-state index in [1.54, 1.807) is 0 Å². The summed E-state index contributed by atoms with van der Waals surface area (Å²) in [6.45, 7) is 4.82. The van der Waals surface area contributed by atoms with E-state index in [1.165, 1.54) is 82.7 Å². The van der Waals surface area contributed by atoms with Crippen molar-refractivity contribution in [3.05, 3.63) is 167 Å². The van der Waals surface area contributed by atoms with Crippen molar-refractivity contribution in [3.8, 4) is 33.4 Å². The first-order valence-electron chi connectivity index (χ1n) is 15.0. The van der Waals surface area contributed by atoms with Crippen LogP contribution in [0.15, 0.2) is 140 Å². The highest BCUT2D eigenvalue weighted by Gasteiger charge is 2.43. The molecule has 9 rings (SSSR count). The lowest BCUT2D eigenvalue weighted by molar-refractivity contribution is 0.601. The van der Waals surface area contributed by atoms with Crippen LogP contribution in [-0.4, -0.2) is 0 Å². The van der Waals surface area contributed by atoms with Crippen LogP contribution in [0.25, 0.3) is 54.9 Å². The maximum atomic E-state index is 2.49. The van der Waals surface area contributed by atoms with Crippen molar-refractivity contribution in [2.24, 2.45) is 0 Å². The van der Waals surface area contributed by atoms with Crippen molar-refractivity contribution in [2.75, 3.05) is 0 Å². The Bertz CT molecular complexity index is 2230. The molecule has 198 valence electrons. The fourth-order valence-electron chi connectivity index (χ4n) is 7.77. The average Bonchev–Trinajstić information content (AvgIpc) is 3.37. The molecule has 2 aliphatic rings. The van der Waals surface area contributed by atoms with Crippen LogP contribution in [-0.2, 0) is 5.41 Å². The van der Waals surface area contributed by atoms with Gasteiger partial charge < -0.3 is 0 Å². The molecule has 0 nitrogen and oxygen atoms in total. The summed E-state index contributed by atoms with van der Waals surface area (Å²) in [5.74, 6) is 0.269. The Hall–Kier alpha value is -4.94. The summed E-state index contributed by atoms with van der Waals surface area (Å²) in [7, 11) is 0. The third-order valence-electron chi connectivity index (χ3n) is 9.91. The van der Waals surface area contributed by atoms with Crippen molar-refractivity contribution in [3.63, 3.8) is 0 Å². The zero-order valence-corrected chi connectivity index (χ0v) is 23.9. The van der Waals surface area contributed by atoms with Gasteiger partial charge in [-0.2, -0.15) is 0 Å². The maximum Gasteiger partial charge on any atom is 0.0358 e. The molecule has 2 aliphatic carbocycles. The van der Waals surface area contributed by atoms with Crippen molar-refractivity contribution >= 4 is 21.5 Å². The van der Waals surface area contributed by atoms with Gasteiger partial charge in [-0.25, -0.2) is 0 Å². The molecule has 0 radical (unpaired) electrons. The summed E-state index contributed by atoms with van der Waals surface area (Å²) in [6, 6.07) is 52.3. The largest absolute Gasteiger partial charge is 0.0619 e. The van der Waals surface area contributed by atoms with Gasteiger partial charge in [0.05, 0.1) is 0 Å². The quantitative estimate of drug-likeness (QED) is 0.207. The topological polar surface area (TPSA) is 0 Å². The Balaban J connectivity index is 1.31. The first kappa shape index (κ1) is 23.7. The predicted molar refractivity (Wildman–Crippen MR) is 177 cm³/mol. The number of rotatable bonds is 2. The van der Waals surface area contributed by atoms with E-state index in [4.69, 9.17) is 0 Å². The van der Waals surface area contributed by atoms with Crippen molar-refractivity contribution in [1.82, 2.24) is 0 Å². The minimum Gasteiger partial charge on any atom is -0.0619 e. The van der Waals surface area contributed by atoms with Gasteiger partial charge in [0.15, 0.2) is 0 Å². The van der Waals surface area contributed by atoms with E-state index >= 15 is 0 Å². The first-order valence-corrected chi connectivity index (χ1v) is 15.0. The van der Waals surface area contributed by atoms with Gasteiger partial charge in [-0.3, -0.25) is 0 Å². The molecule has 0 aliphatic heterocycles. The van der Waals surface area contributed by atoms with Crippen LogP contribution in [0.1, 0.15) is 47.6 Å². The van der Waals surface area contributed by atoms with Gasteiger partial charge in [0.1, 0.15) is 0 Å². The standard InChI is InChI=1S/C42H30/c1-42(2)38-14-8-7-13-35(38)40-34-20-19-32(30-17-15-26-9-3-5-11-28(26)21-30)23-36(34)37-24-33(25-39(42)41(37)40)31-18-16-27-10-4-6-12-29(27)22-31/h3-25,40H,1-2H3. The third kappa shape index (κ3) is 3.30. The first-order chi connectivity index (χ1) is 20.6. The summed E-state index contributed by atoms with van der Waals surface area (Å²) in [4.78, 5) is 0. The van der Waals surface area contributed by atoms with Crippen LogP contribution >= 0.6 is 0 Å². The lowest BCUT2D eigenvalue weighted by Crippen LogP contribution is -2.29. The van der Waals surface area contributed by atoms with Gasteiger partial charge in [0.2, 0.25) is 0 Å². The molecule has 7 aromatic rings. The van der Waals surface area contributed by atoms with Crippen molar-refractivity contribution < 1.29 is 0 Å². The molecule has 0 saturated carbocycles. The Kier molecular flexibility index (Phi) is 4.82. The highest BCUT2D eigenvalue weighted by molar-refractivity contribution is 5.94. The van der Waals surface area contributed by atoms with Crippen LogP contribution in [0.3, 0.4) is 0 Å². The predicted octanol–water partition coefficient (Wildman–Crippen LogP) is 11.1. The van der Waals surface area contributed by atoms with E-state index in [0.717, 1.165) is 0 Å². The number of benzene rings is 7. The van der Waals surface area contributed by atoms with Crippen LogP contribution in [0.4, 0.5) is 0 Å². The monoisotopic (exact) mass is 534 g/mol. The molecule has 1 atom stereocenters. The van der Waals surface area contributed by atoms with Gasteiger partial charge in [-0.05, 0) is 113 Å². The molecule has 1 unspecified atom stereocenters. The fraction of sp³-hybridized carbons (Fsp3) is 0.0952. The molecule has 0 fully saturated rings. The Morgan fingerprint density at radius 2 is 0.952 bits per heavy atom. The highest BCUT2D eigenvalue weighted by Crippen LogP contribution is 2.58. The molecule has 0 N–H and O–H groups in total. The molecule has 0 spiro atoms. The van der Waals surface area contributed by atoms with E-state index < -0.39 is 0 Å². The lowest BCUT2D eigenvalue weighted by atomic mass is 9.64. The van der Waals surface area contributed by atoms with Crippen molar-refractivity contribution in [2.45, 2.75) is 25.2 Å². The van der Waals surface area contributed by atoms with Crippen LogP contribution < -0.4 is 0 Å². The molecule has 0 aromatic heterocycles. The van der Waals surface area contributed by atoms with Gasteiger partial charge in [0.25, 0.3) is 0 Å². The molecule has 7 aromatic carbocycles. The summed E-state index contributed by atoms with van der Waals surface area (Å²) < 4.78 is 0. The average molecular weight is 535 g/mol. The minimum absolute atomic E-state index is 0.0900. The highest BCUT2D eigenvalue weighted by atomic mass is 14.5. The second kappa shape index (κ2) is 8.54. The summed E-state index contributed by atoms with van der Waals surface area (Å²) in [5.41, 5.74) is 15.0. The maximum absolute atomic E-state index is 2.49. The van der Waals surface area contributed by atoms with E-state index in [9.17, 15) is 0 Å².